The van der Waals surface area contributed by atoms with Crippen LogP contribution in [-0.4, -0.2) is 14.5 Å². The van der Waals surface area contributed by atoms with Crippen molar-refractivity contribution in [2.24, 2.45) is 0 Å². The average molecular weight is 222 g/mol. The van der Waals surface area contributed by atoms with E-state index in [9.17, 15) is 0 Å². The Hall–Kier alpha value is -1.35. The summed E-state index contributed by atoms with van der Waals surface area (Å²) >= 11 is 5.99. The van der Waals surface area contributed by atoms with Gasteiger partial charge in [0, 0.05) is 12.4 Å². The van der Waals surface area contributed by atoms with Gasteiger partial charge in [-0.1, -0.05) is 25.4 Å². The van der Waals surface area contributed by atoms with Gasteiger partial charge in [0.2, 0.25) is 0 Å². The number of nitrogens with zero attached hydrogens (tertiary/aromatic N) is 3. The molecule has 0 aliphatic rings. The van der Waals surface area contributed by atoms with Gasteiger partial charge in [-0.25, -0.2) is 9.97 Å². The van der Waals surface area contributed by atoms with Crippen molar-refractivity contribution >= 4 is 11.6 Å². The summed E-state index contributed by atoms with van der Waals surface area (Å²) in [5.41, 5.74) is 1.91. The van der Waals surface area contributed by atoms with E-state index >= 15 is 0 Å². The summed E-state index contributed by atoms with van der Waals surface area (Å²) < 4.78 is 1.89. The normalized spacial score (nSPS) is 10.9. The highest BCUT2D eigenvalue weighted by Crippen LogP contribution is 2.19. The maximum Gasteiger partial charge on any atom is 0.152 e. The summed E-state index contributed by atoms with van der Waals surface area (Å²) in [6, 6.07) is 3.78. The summed E-state index contributed by atoms with van der Waals surface area (Å²) in [5, 5.41) is 0.491. The minimum Gasteiger partial charge on any atom is -0.303 e. The third-order valence-corrected chi connectivity index (χ3v) is 2.50. The Bertz CT molecular complexity index is 462. The molecule has 0 fully saturated rings. The summed E-state index contributed by atoms with van der Waals surface area (Å²) in [4.78, 5) is 8.34. The molecule has 4 heteroatoms. The first-order valence-corrected chi connectivity index (χ1v) is 5.21. The molecule has 0 spiro atoms. The molecule has 0 unspecified atom stereocenters. The van der Waals surface area contributed by atoms with E-state index in [1.165, 1.54) is 0 Å². The first-order valence-electron chi connectivity index (χ1n) is 4.83. The molecule has 0 bridgehead atoms. The predicted molar refractivity (Wildman–Crippen MR) is 60.5 cm³/mol. The van der Waals surface area contributed by atoms with Gasteiger partial charge in [-0.05, 0) is 18.1 Å². The fourth-order valence-corrected chi connectivity index (χ4v) is 1.55. The van der Waals surface area contributed by atoms with Crippen molar-refractivity contribution in [2.45, 2.75) is 19.8 Å². The number of halogens is 1. The first kappa shape index (κ1) is 10.2. The molecule has 2 aromatic heterocycles. The zero-order valence-corrected chi connectivity index (χ0v) is 9.44. The van der Waals surface area contributed by atoms with E-state index < -0.39 is 0 Å². The smallest absolute Gasteiger partial charge is 0.152 e. The zero-order chi connectivity index (χ0) is 10.8. The molecule has 0 amide bonds. The molecule has 3 nitrogen and oxygen atoms in total. The topological polar surface area (TPSA) is 30.7 Å². The average Bonchev–Trinajstić information content (AvgIpc) is 2.67. The Balaban J connectivity index is 2.42. The molecular formula is C11H12ClN3. The lowest BCUT2D eigenvalue weighted by Crippen LogP contribution is -1.92. The van der Waals surface area contributed by atoms with Crippen molar-refractivity contribution in [3.05, 3.63) is 41.7 Å². The van der Waals surface area contributed by atoms with Crippen LogP contribution in [0.3, 0.4) is 0 Å². The largest absolute Gasteiger partial charge is 0.303 e. The number of pyridine rings is 1. The van der Waals surface area contributed by atoms with Gasteiger partial charge in [0.05, 0.1) is 17.7 Å². The number of imidazole rings is 1. The van der Waals surface area contributed by atoms with Gasteiger partial charge in [0.1, 0.15) is 0 Å². The van der Waals surface area contributed by atoms with Crippen LogP contribution in [-0.2, 0) is 0 Å². The Morgan fingerprint density at radius 1 is 1.33 bits per heavy atom. The molecule has 0 radical (unpaired) electrons. The Morgan fingerprint density at radius 3 is 2.73 bits per heavy atom. The van der Waals surface area contributed by atoms with Crippen LogP contribution in [0.2, 0.25) is 5.15 Å². The molecule has 0 N–H and O–H groups in total. The zero-order valence-electron chi connectivity index (χ0n) is 8.68. The fourth-order valence-electron chi connectivity index (χ4n) is 1.34. The minimum absolute atomic E-state index is 0.418. The van der Waals surface area contributed by atoms with Crippen LogP contribution in [0.4, 0.5) is 0 Å². The lowest BCUT2D eigenvalue weighted by atomic mass is 10.2. The maximum absolute atomic E-state index is 5.99. The van der Waals surface area contributed by atoms with Crippen molar-refractivity contribution in [1.82, 2.24) is 14.5 Å². The van der Waals surface area contributed by atoms with Gasteiger partial charge < -0.3 is 4.57 Å². The number of hydrogen-bond acceptors (Lipinski definition) is 2. The van der Waals surface area contributed by atoms with Crippen molar-refractivity contribution in [2.75, 3.05) is 0 Å². The van der Waals surface area contributed by atoms with Gasteiger partial charge >= 0.3 is 0 Å². The van der Waals surface area contributed by atoms with E-state index in [0.717, 1.165) is 11.4 Å². The summed E-state index contributed by atoms with van der Waals surface area (Å²) in [6.07, 6.45) is 5.41. The van der Waals surface area contributed by atoms with Crippen molar-refractivity contribution < 1.29 is 0 Å². The summed E-state index contributed by atoms with van der Waals surface area (Å²) in [7, 11) is 0. The van der Waals surface area contributed by atoms with E-state index in [2.05, 4.69) is 23.8 Å². The lowest BCUT2D eigenvalue weighted by Gasteiger charge is -2.02. The number of hydrogen-bond donors (Lipinski definition) is 0. The highest BCUT2D eigenvalue weighted by atomic mass is 35.5. The fraction of sp³-hybridized carbons (Fsp3) is 0.273. The lowest BCUT2D eigenvalue weighted by molar-refractivity contribution is 0.831. The molecule has 0 aliphatic heterocycles. The third-order valence-electron chi connectivity index (χ3n) is 2.21. The molecule has 2 rings (SSSR count). The monoisotopic (exact) mass is 221 g/mol. The standard InChI is InChI=1S/C11H12ClN3/c1-8(2)9-6-15(7-14-9)10-4-3-5-13-11(10)12/h3-8H,1-2H3. The first-order chi connectivity index (χ1) is 7.18. The Morgan fingerprint density at radius 2 is 2.13 bits per heavy atom. The Labute approximate surface area is 93.7 Å². The Kier molecular flexibility index (Phi) is 2.73. The van der Waals surface area contributed by atoms with Gasteiger partial charge in [-0.3, -0.25) is 0 Å². The molecule has 15 heavy (non-hydrogen) atoms. The van der Waals surface area contributed by atoms with Gasteiger partial charge in [-0.2, -0.15) is 0 Å². The molecule has 0 aromatic carbocycles. The molecule has 0 atom stereocenters. The molecule has 0 saturated carbocycles. The van der Waals surface area contributed by atoms with Crippen LogP contribution in [0.25, 0.3) is 5.69 Å². The summed E-state index contributed by atoms with van der Waals surface area (Å²) in [6.45, 7) is 4.22. The molecule has 78 valence electrons. The molecular weight excluding hydrogens is 210 g/mol. The second kappa shape index (κ2) is 4.03. The highest BCUT2D eigenvalue weighted by molar-refractivity contribution is 6.31. The van der Waals surface area contributed by atoms with Gasteiger partial charge in [0.25, 0.3) is 0 Å². The van der Waals surface area contributed by atoms with Crippen LogP contribution in [0.1, 0.15) is 25.5 Å². The van der Waals surface area contributed by atoms with E-state index in [1.54, 1.807) is 12.5 Å². The predicted octanol–water partition coefficient (Wildman–Crippen LogP) is 3.04. The van der Waals surface area contributed by atoms with Crippen molar-refractivity contribution in [1.29, 1.82) is 0 Å². The van der Waals surface area contributed by atoms with Crippen LogP contribution in [0.15, 0.2) is 30.9 Å². The van der Waals surface area contributed by atoms with Crippen molar-refractivity contribution in [3.63, 3.8) is 0 Å². The van der Waals surface area contributed by atoms with Crippen LogP contribution >= 0.6 is 11.6 Å². The van der Waals surface area contributed by atoms with E-state index in [4.69, 9.17) is 11.6 Å². The SMILES string of the molecule is CC(C)c1cn(-c2cccnc2Cl)cn1. The van der Waals surface area contributed by atoms with Crippen LogP contribution < -0.4 is 0 Å². The number of rotatable bonds is 2. The van der Waals surface area contributed by atoms with E-state index in [-0.39, 0.29) is 0 Å². The summed E-state index contributed by atoms with van der Waals surface area (Å²) in [5.74, 6) is 0.418. The molecule has 2 aromatic rings. The minimum atomic E-state index is 0.418. The van der Waals surface area contributed by atoms with Crippen molar-refractivity contribution in [3.8, 4) is 5.69 Å². The highest BCUT2D eigenvalue weighted by Gasteiger charge is 2.06. The van der Waals surface area contributed by atoms with E-state index in [0.29, 0.717) is 11.1 Å². The number of aromatic nitrogens is 3. The van der Waals surface area contributed by atoms with Gasteiger partial charge in [0.15, 0.2) is 5.15 Å². The molecule has 0 saturated heterocycles. The van der Waals surface area contributed by atoms with E-state index in [1.807, 2.05) is 22.9 Å². The van der Waals surface area contributed by atoms with Gasteiger partial charge in [-0.15, -0.1) is 0 Å². The quantitative estimate of drug-likeness (QED) is 0.730. The molecule has 0 aliphatic carbocycles. The second-order valence-corrected chi connectivity index (χ2v) is 4.03. The third kappa shape index (κ3) is 2.02. The van der Waals surface area contributed by atoms with Crippen LogP contribution in [0, 0.1) is 0 Å². The second-order valence-electron chi connectivity index (χ2n) is 3.67. The molecule has 2 heterocycles. The van der Waals surface area contributed by atoms with Crippen LogP contribution in [0.5, 0.6) is 0 Å². The maximum atomic E-state index is 5.99.